The third kappa shape index (κ3) is 7.23. The summed E-state index contributed by atoms with van der Waals surface area (Å²) in [7, 11) is 0. The number of piperidine rings is 1. The van der Waals surface area contributed by atoms with Gasteiger partial charge in [-0.2, -0.15) is 0 Å². The minimum absolute atomic E-state index is 0. The van der Waals surface area contributed by atoms with Crippen LogP contribution >= 0.6 is 12.4 Å². The van der Waals surface area contributed by atoms with Gasteiger partial charge in [0.1, 0.15) is 12.4 Å². The predicted octanol–water partition coefficient (Wildman–Crippen LogP) is 2.94. The van der Waals surface area contributed by atoms with Gasteiger partial charge in [0.25, 0.3) is 0 Å². The summed E-state index contributed by atoms with van der Waals surface area (Å²) in [4.78, 5) is 12.0. The molecule has 0 bridgehead atoms. The van der Waals surface area contributed by atoms with E-state index >= 15 is 0 Å². The molecule has 2 N–H and O–H groups in total. The lowest BCUT2D eigenvalue weighted by molar-refractivity contribution is -0.122. The maximum absolute atomic E-state index is 12.0. The third-order valence-corrected chi connectivity index (χ3v) is 4.36. The molecule has 1 aromatic carbocycles. The summed E-state index contributed by atoms with van der Waals surface area (Å²) in [5.74, 6) is 2.04. The number of hydrogen-bond acceptors (Lipinski definition) is 3. The zero-order valence-electron chi connectivity index (χ0n) is 14.1. The maximum Gasteiger partial charge on any atom is 0.220 e. The monoisotopic (exact) mass is 340 g/mol. The fourth-order valence-electron chi connectivity index (χ4n) is 2.89. The Morgan fingerprint density at radius 1 is 1.39 bits per heavy atom. The highest BCUT2D eigenvalue weighted by atomic mass is 35.5. The molecule has 0 spiro atoms. The van der Waals surface area contributed by atoms with Crippen molar-refractivity contribution in [3.8, 4) is 5.75 Å². The number of aryl methyl sites for hydroxylation is 1. The van der Waals surface area contributed by atoms with Gasteiger partial charge >= 0.3 is 0 Å². The van der Waals surface area contributed by atoms with Crippen LogP contribution in [0.2, 0.25) is 0 Å². The Hall–Kier alpha value is -1.26. The van der Waals surface area contributed by atoms with E-state index in [1.165, 1.54) is 18.4 Å². The Kier molecular flexibility index (Phi) is 9.03. The molecule has 2 atom stereocenters. The molecule has 5 heteroatoms. The van der Waals surface area contributed by atoms with Crippen molar-refractivity contribution in [1.29, 1.82) is 0 Å². The fourth-order valence-corrected chi connectivity index (χ4v) is 2.89. The summed E-state index contributed by atoms with van der Waals surface area (Å²) in [5.41, 5.74) is 1.21. The van der Waals surface area contributed by atoms with Gasteiger partial charge in [-0.1, -0.05) is 24.6 Å². The number of nitrogens with one attached hydrogen (secondary N) is 2. The molecule has 130 valence electrons. The number of amides is 1. The van der Waals surface area contributed by atoms with Crippen molar-refractivity contribution in [1.82, 2.24) is 10.6 Å². The standard InChI is InChI=1S/C18H28N2O2.ClH/c1-14-5-7-17(8-6-14)22-11-10-20-18(21)12-15(2)16-4-3-9-19-13-16;/h5-8,15-16,19H,3-4,9-13H2,1-2H3,(H,20,21);1H. The second-order valence-electron chi connectivity index (χ2n) is 6.30. The quantitative estimate of drug-likeness (QED) is 0.750. The predicted molar refractivity (Wildman–Crippen MR) is 96.3 cm³/mol. The smallest absolute Gasteiger partial charge is 0.220 e. The Bertz CT molecular complexity index is 459. The van der Waals surface area contributed by atoms with Crippen molar-refractivity contribution in [3.05, 3.63) is 29.8 Å². The van der Waals surface area contributed by atoms with E-state index in [9.17, 15) is 4.79 Å². The number of carbonyl (C=O) groups is 1. The summed E-state index contributed by atoms with van der Waals surface area (Å²) in [6, 6.07) is 7.95. The highest BCUT2D eigenvalue weighted by molar-refractivity contribution is 5.85. The van der Waals surface area contributed by atoms with Crippen LogP contribution in [0.25, 0.3) is 0 Å². The van der Waals surface area contributed by atoms with Crippen LogP contribution in [0.1, 0.15) is 31.7 Å². The SMILES string of the molecule is Cc1ccc(OCCNC(=O)CC(C)C2CCCNC2)cc1.Cl. The number of hydrogen-bond donors (Lipinski definition) is 2. The second-order valence-corrected chi connectivity index (χ2v) is 6.30. The first-order chi connectivity index (χ1) is 10.6. The van der Waals surface area contributed by atoms with Gasteiger partial charge in [-0.3, -0.25) is 4.79 Å². The van der Waals surface area contributed by atoms with Gasteiger partial charge < -0.3 is 15.4 Å². The summed E-state index contributed by atoms with van der Waals surface area (Å²) in [6.07, 6.45) is 3.07. The molecular weight excluding hydrogens is 312 g/mol. The van der Waals surface area contributed by atoms with Crippen LogP contribution in [-0.2, 0) is 4.79 Å². The molecule has 1 aliphatic heterocycles. The van der Waals surface area contributed by atoms with Crippen molar-refractivity contribution in [2.45, 2.75) is 33.1 Å². The molecule has 4 nitrogen and oxygen atoms in total. The number of ether oxygens (including phenoxy) is 1. The minimum Gasteiger partial charge on any atom is -0.492 e. The Morgan fingerprint density at radius 2 is 2.13 bits per heavy atom. The minimum atomic E-state index is 0. The first-order valence-electron chi connectivity index (χ1n) is 8.32. The van der Waals surface area contributed by atoms with Crippen LogP contribution in [0, 0.1) is 18.8 Å². The summed E-state index contributed by atoms with van der Waals surface area (Å²) < 4.78 is 5.61. The first-order valence-corrected chi connectivity index (χ1v) is 8.32. The highest BCUT2D eigenvalue weighted by Gasteiger charge is 2.21. The van der Waals surface area contributed by atoms with Gasteiger partial charge in [-0.15, -0.1) is 12.4 Å². The lowest BCUT2D eigenvalue weighted by atomic mass is 9.85. The van der Waals surface area contributed by atoms with Crippen LogP contribution in [-0.4, -0.2) is 32.1 Å². The summed E-state index contributed by atoms with van der Waals surface area (Å²) >= 11 is 0. The molecule has 0 radical (unpaired) electrons. The first kappa shape index (κ1) is 19.8. The van der Waals surface area contributed by atoms with Crippen molar-refractivity contribution >= 4 is 18.3 Å². The molecule has 23 heavy (non-hydrogen) atoms. The lowest BCUT2D eigenvalue weighted by Gasteiger charge is -2.28. The molecule has 2 unspecified atom stereocenters. The molecule has 0 aliphatic carbocycles. The Labute approximate surface area is 145 Å². The number of halogens is 1. The molecule has 1 amide bonds. The van der Waals surface area contributed by atoms with E-state index in [1.807, 2.05) is 31.2 Å². The normalized spacial score (nSPS) is 18.6. The van der Waals surface area contributed by atoms with Crippen molar-refractivity contribution in [3.63, 3.8) is 0 Å². The van der Waals surface area contributed by atoms with E-state index in [-0.39, 0.29) is 18.3 Å². The number of benzene rings is 1. The molecule has 1 aliphatic rings. The number of rotatable bonds is 7. The van der Waals surface area contributed by atoms with Crippen LogP contribution in [0.5, 0.6) is 5.75 Å². The Morgan fingerprint density at radius 3 is 2.78 bits per heavy atom. The van der Waals surface area contributed by atoms with E-state index in [0.717, 1.165) is 18.8 Å². The molecule has 0 aromatic heterocycles. The number of carbonyl (C=O) groups excluding carboxylic acids is 1. The van der Waals surface area contributed by atoms with E-state index in [0.29, 0.717) is 31.4 Å². The molecule has 0 saturated carbocycles. The second kappa shape index (κ2) is 10.5. The van der Waals surface area contributed by atoms with Gasteiger partial charge in [-0.05, 0) is 56.8 Å². The van der Waals surface area contributed by atoms with Crippen LogP contribution in [0.15, 0.2) is 24.3 Å². The lowest BCUT2D eigenvalue weighted by Crippen LogP contribution is -2.36. The van der Waals surface area contributed by atoms with E-state index < -0.39 is 0 Å². The summed E-state index contributed by atoms with van der Waals surface area (Å²) in [5, 5.41) is 6.36. The average Bonchev–Trinajstić information content (AvgIpc) is 2.54. The Balaban J connectivity index is 0.00000264. The molecule has 1 fully saturated rings. The van der Waals surface area contributed by atoms with Gasteiger partial charge in [-0.25, -0.2) is 0 Å². The molecular formula is C18H29ClN2O2. The molecule has 1 saturated heterocycles. The van der Waals surface area contributed by atoms with Crippen molar-refractivity contribution in [2.24, 2.45) is 11.8 Å². The van der Waals surface area contributed by atoms with E-state index in [2.05, 4.69) is 17.6 Å². The van der Waals surface area contributed by atoms with E-state index in [4.69, 9.17) is 4.74 Å². The average molecular weight is 341 g/mol. The van der Waals surface area contributed by atoms with Gasteiger partial charge in [0, 0.05) is 6.42 Å². The summed E-state index contributed by atoms with van der Waals surface area (Å²) in [6.45, 7) is 7.46. The highest BCUT2D eigenvalue weighted by Crippen LogP contribution is 2.22. The zero-order chi connectivity index (χ0) is 15.8. The van der Waals surface area contributed by atoms with Crippen molar-refractivity contribution in [2.75, 3.05) is 26.2 Å². The zero-order valence-corrected chi connectivity index (χ0v) is 15.0. The molecule has 2 rings (SSSR count). The van der Waals surface area contributed by atoms with Crippen LogP contribution in [0.4, 0.5) is 0 Å². The van der Waals surface area contributed by atoms with Gasteiger partial charge in [0.15, 0.2) is 0 Å². The largest absolute Gasteiger partial charge is 0.492 e. The molecule has 1 aromatic rings. The van der Waals surface area contributed by atoms with Crippen LogP contribution in [0.3, 0.4) is 0 Å². The third-order valence-electron chi connectivity index (χ3n) is 4.36. The van der Waals surface area contributed by atoms with Crippen molar-refractivity contribution < 1.29 is 9.53 Å². The maximum atomic E-state index is 12.0. The molecule has 1 heterocycles. The van der Waals surface area contributed by atoms with Crippen LogP contribution < -0.4 is 15.4 Å². The van der Waals surface area contributed by atoms with E-state index in [1.54, 1.807) is 0 Å². The van der Waals surface area contributed by atoms with Gasteiger partial charge in [0.2, 0.25) is 5.91 Å². The fraction of sp³-hybridized carbons (Fsp3) is 0.611. The topological polar surface area (TPSA) is 50.4 Å². The van der Waals surface area contributed by atoms with Gasteiger partial charge in [0.05, 0.1) is 6.54 Å².